The fourth-order valence-electron chi connectivity index (χ4n) is 4.78. The van der Waals surface area contributed by atoms with E-state index in [4.69, 9.17) is 0 Å². The van der Waals surface area contributed by atoms with Crippen LogP contribution in [0.4, 0.5) is 9.18 Å². The van der Waals surface area contributed by atoms with Crippen molar-refractivity contribution < 1.29 is 18.8 Å². The maximum absolute atomic E-state index is 14.1. The first-order valence-electron chi connectivity index (χ1n) is 11.8. The third kappa shape index (κ3) is 4.50. The second-order valence-corrected chi connectivity index (χ2v) is 9.82. The highest BCUT2D eigenvalue weighted by atomic mass is 32.2. The minimum absolute atomic E-state index is 0.0852. The fourth-order valence-corrected chi connectivity index (χ4v) is 5.61. The largest absolute Gasteiger partial charge is 0.341 e. The van der Waals surface area contributed by atoms with Crippen molar-refractivity contribution >= 4 is 45.8 Å². The van der Waals surface area contributed by atoms with Gasteiger partial charge in [-0.05, 0) is 48.7 Å². The van der Waals surface area contributed by atoms with Crippen LogP contribution in [0.5, 0.6) is 0 Å². The van der Waals surface area contributed by atoms with Crippen molar-refractivity contribution in [3.05, 3.63) is 76.1 Å². The van der Waals surface area contributed by atoms with E-state index in [1.807, 2.05) is 33.9 Å². The molecular formula is C27H26FN3O3S. The normalized spacial score (nSPS) is 17.4. The summed E-state index contributed by atoms with van der Waals surface area (Å²) in [5.74, 6) is -0.806. The van der Waals surface area contributed by atoms with Crippen LogP contribution >= 0.6 is 11.8 Å². The average molecular weight is 492 g/mol. The van der Waals surface area contributed by atoms with Gasteiger partial charge in [0.25, 0.3) is 11.1 Å². The lowest BCUT2D eigenvalue weighted by Crippen LogP contribution is -2.30. The van der Waals surface area contributed by atoms with Crippen LogP contribution in [-0.2, 0) is 29.1 Å². The number of rotatable bonds is 6. The molecule has 0 N–H and O–H groups in total. The van der Waals surface area contributed by atoms with Gasteiger partial charge < -0.3 is 9.47 Å². The molecule has 0 bridgehead atoms. The van der Waals surface area contributed by atoms with Gasteiger partial charge in [-0.15, -0.1) is 0 Å². The van der Waals surface area contributed by atoms with Crippen LogP contribution in [0, 0.1) is 5.82 Å². The molecule has 35 heavy (non-hydrogen) atoms. The highest BCUT2D eigenvalue weighted by Crippen LogP contribution is 2.36. The van der Waals surface area contributed by atoms with Gasteiger partial charge in [-0.2, -0.15) is 0 Å². The molecule has 0 aliphatic carbocycles. The van der Waals surface area contributed by atoms with Gasteiger partial charge in [0, 0.05) is 35.8 Å². The Hall–Kier alpha value is -3.39. The fraction of sp³-hybridized carbons (Fsp3) is 0.296. The van der Waals surface area contributed by atoms with E-state index in [2.05, 4.69) is 6.92 Å². The van der Waals surface area contributed by atoms with Crippen LogP contribution in [0.3, 0.4) is 0 Å². The number of thioether (sulfide) groups is 1. The Morgan fingerprint density at radius 3 is 2.54 bits per heavy atom. The van der Waals surface area contributed by atoms with Crippen molar-refractivity contribution in [1.29, 1.82) is 0 Å². The molecule has 0 atom stereocenters. The number of hydrogen-bond acceptors (Lipinski definition) is 4. The number of aromatic nitrogens is 1. The van der Waals surface area contributed by atoms with Gasteiger partial charge in [-0.3, -0.25) is 19.3 Å². The monoisotopic (exact) mass is 491 g/mol. The summed E-state index contributed by atoms with van der Waals surface area (Å²) < 4.78 is 16.1. The molecule has 5 rings (SSSR count). The van der Waals surface area contributed by atoms with Crippen molar-refractivity contribution in [1.82, 2.24) is 14.4 Å². The molecule has 2 saturated heterocycles. The van der Waals surface area contributed by atoms with Crippen LogP contribution in [-0.4, -0.2) is 44.5 Å². The molecule has 6 nitrogen and oxygen atoms in total. The number of benzene rings is 2. The van der Waals surface area contributed by atoms with E-state index in [0.29, 0.717) is 5.56 Å². The molecule has 180 valence electrons. The van der Waals surface area contributed by atoms with E-state index < -0.39 is 17.0 Å². The number of carbonyl (C=O) groups excluding carboxylic acids is 3. The van der Waals surface area contributed by atoms with Crippen molar-refractivity contribution in [2.75, 3.05) is 13.1 Å². The number of amides is 3. The molecular weight excluding hydrogens is 465 g/mol. The summed E-state index contributed by atoms with van der Waals surface area (Å²) in [6.07, 6.45) is 6.48. The Labute approximate surface area is 207 Å². The van der Waals surface area contributed by atoms with Crippen molar-refractivity contribution in [3.8, 4) is 0 Å². The Kier molecular flexibility index (Phi) is 6.47. The quantitative estimate of drug-likeness (QED) is 0.445. The van der Waals surface area contributed by atoms with Crippen LogP contribution in [0.1, 0.15) is 36.5 Å². The second kappa shape index (κ2) is 9.70. The third-order valence-corrected chi connectivity index (χ3v) is 7.51. The molecule has 1 aromatic heterocycles. The number of likely N-dealkylation sites (tertiary alicyclic amines) is 1. The molecule has 0 radical (unpaired) electrons. The number of para-hydroxylation sites is 1. The summed E-state index contributed by atoms with van der Waals surface area (Å²) in [7, 11) is 0. The van der Waals surface area contributed by atoms with Gasteiger partial charge in [0.05, 0.1) is 17.0 Å². The number of nitrogens with zero attached hydrogens (tertiary/aromatic N) is 3. The first kappa shape index (κ1) is 23.4. The van der Waals surface area contributed by atoms with Crippen molar-refractivity contribution in [3.63, 3.8) is 0 Å². The maximum atomic E-state index is 14.1. The van der Waals surface area contributed by atoms with E-state index in [0.717, 1.165) is 71.0 Å². The minimum atomic E-state index is -0.451. The number of imide groups is 1. The number of carbonyl (C=O) groups is 3. The van der Waals surface area contributed by atoms with Crippen LogP contribution in [0.15, 0.2) is 53.6 Å². The molecule has 3 heterocycles. The highest BCUT2D eigenvalue weighted by Gasteiger charge is 2.35. The summed E-state index contributed by atoms with van der Waals surface area (Å²) >= 11 is 0.855. The Morgan fingerprint density at radius 2 is 1.80 bits per heavy atom. The van der Waals surface area contributed by atoms with Crippen LogP contribution in [0.2, 0.25) is 0 Å². The lowest BCUT2D eigenvalue weighted by atomic mass is 10.1. The topological polar surface area (TPSA) is 62.6 Å². The van der Waals surface area contributed by atoms with Gasteiger partial charge >= 0.3 is 0 Å². The van der Waals surface area contributed by atoms with E-state index >= 15 is 0 Å². The average Bonchev–Trinajstić information content (AvgIpc) is 3.57. The molecule has 3 amide bonds. The Bertz CT molecular complexity index is 1360. The van der Waals surface area contributed by atoms with Gasteiger partial charge in [0.1, 0.15) is 12.4 Å². The molecule has 0 spiro atoms. The molecule has 2 aromatic carbocycles. The van der Waals surface area contributed by atoms with Crippen LogP contribution in [0.25, 0.3) is 17.0 Å². The molecule has 0 saturated carbocycles. The smallest absolute Gasteiger partial charge is 0.293 e. The predicted octanol–water partition coefficient (Wildman–Crippen LogP) is 5.20. The van der Waals surface area contributed by atoms with Gasteiger partial charge in [0.15, 0.2) is 0 Å². The maximum Gasteiger partial charge on any atom is 0.293 e. The highest BCUT2D eigenvalue weighted by molar-refractivity contribution is 8.18. The summed E-state index contributed by atoms with van der Waals surface area (Å²) in [5.41, 5.74) is 3.16. The van der Waals surface area contributed by atoms with E-state index in [-0.39, 0.29) is 23.9 Å². The van der Waals surface area contributed by atoms with Gasteiger partial charge in [0.2, 0.25) is 5.91 Å². The molecule has 8 heteroatoms. The minimum Gasteiger partial charge on any atom is -0.341 e. The molecule has 2 aliphatic rings. The summed E-state index contributed by atoms with van der Waals surface area (Å²) in [6.45, 7) is 3.78. The van der Waals surface area contributed by atoms with E-state index in [1.54, 1.807) is 24.3 Å². The zero-order valence-corrected chi connectivity index (χ0v) is 20.3. The number of hydrogen-bond donors (Lipinski definition) is 0. The first-order valence-corrected chi connectivity index (χ1v) is 12.6. The van der Waals surface area contributed by atoms with Crippen LogP contribution < -0.4 is 0 Å². The standard InChI is InChI=1S/C27H26FN3O3S/c1-2-18-9-7-10-21-20(15-30(25(18)21)17-24(32)29-12-5-6-13-29)14-23-26(33)31(27(34)35-23)16-19-8-3-4-11-22(19)28/h3-4,7-11,14-15H,2,5-6,12-13,16-17H2,1H3/b23-14-. The molecule has 3 aromatic rings. The molecule has 2 aliphatic heterocycles. The predicted molar refractivity (Wildman–Crippen MR) is 135 cm³/mol. The number of aryl methyl sites for hydroxylation is 1. The lowest BCUT2D eigenvalue weighted by molar-refractivity contribution is -0.130. The lowest BCUT2D eigenvalue weighted by Gasteiger charge is -2.16. The summed E-state index contributed by atoms with van der Waals surface area (Å²) in [5, 5.41) is 0.506. The van der Waals surface area contributed by atoms with Crippen molar-refractivity contribution in [2.45, 2.75) is 39.3 Å². The zero-order chi connectivity index (χ0) is 24.5. The molecule has 2 fully saturated rings. The van der Waals surface area contributed by atoms with Gasteiger partial charge in [-0.25, -0.2) is 4.39 Å². The van der Waals surface area contributed by atoms with E-state index in [9.17, 15) is 18.8 Å². The Morgan fingerprint density at radius 1 is 1.06 bits per heavy atom. The Balaban J connectivity index is 1.48. The zero-order valence-electron chi connectivity index (χ0n) is 19.5. The van der Waals surface area contributed by atoms with E-state index in [1.165, 1.54) is 6.07 Å². The SMILES string of the molecule is CCc1cccc2c(/C=C3\SC(=O)N(Cc4ccccc4F)C3=O)cn(CC(=O)N3CCCC3)c12. The first-order chi connectivity index (χ1) is 17.0. The molecule has 0 unspecified atom stereocenters. The number of halogens is 1. The summed E-state index contributed by atoms with van der Waals surface area (Å²) in [4.78, 5) is 41.9. The summed E-state index contributed by atoms with van der Waals surface area (Å²) in [6, 6.07) is 12.1. The second-order valence-electron chi connectivity index (χ2n) is 8.83. The van der Waals surface area contributed by atoms with Gasteiger partial charge in [-0.1, -0.05) is 43.3 Å². The third-order valence-electron chi connectivity index (χ3n) is 6.60. The number of fused-ring (bicyclic) bond motifs is 1. The van der Waals surface area contributed by atoms with Crippen molar-refractivity contribution in [2.24, 2.45) is 0 Å².